The minimum absolute atomic E-state index is 0.0842. The summed E-state index contributed by atoms with van der Waals surface area (Å²) in [6.45, 7) is -1.27. The summed E-state index contributed by atoms with van der Waals surface area (Å²) in [6.07, 6.45) is -27.5. The Kier molecular flexibility index (Phi) is 11.3. The van der Waals surface area contributed by atoms with Crippen LogP contribution in [0.5, 0.6) is 5.75 Å². The number of aliphatic hydroxyl groups excluding tert-OH is 10. The van der Waals surface area contributed by atoms with E-state index in [2.05, 4.69) is 0 Å². The van der Waals surface area contributed by atoms with Gasteiger partial charge >= 0.3 is 5.63 Å². The summed E-state index contributed by atoms with van der Waals surface area (Å²) < 4.78 is 67.4. The van der Waals surface area contributed by atoms with Crippen LogP contribution >= 0.6 is 0 Å². The summed E-state index contributed by atoms with van der Waals surface area (Å²) >= 11 is 0. The first-order valence-corrected chi connectivity index (χ1v) is 14.7. The molecule has 3 aliphatic heterocycles. The Hall–Kier alpha value is -2.51. The van der Waals surface area contributed by atoms with Gasteiger partial charge in [-0.25, -0.2) is 9.18 Å². The highest BCUT2D eigenvalue weighted by Gasteiger charge is 2.54. The first-order valence-electron chi connectivity index (χ1n) is 14.7. The highest BCUT2D eigenvalue weighted by molar-refractivity contribution is 5.82. The molecule has 1 aromatic heterocycles. The summed E-state index contributed by atoms with van der Waals surface area (Å²) in [4.78, 5) is 11.8. The SMILES string of the molecule is Cc1cc(=O)oc2c(F)c(O[C@@H]3O[C@H](CO)[C@@H](O[C@H]4O[C@H](CO)[C@@H](O[C@@H]5O[C@H](CO)[C@@H](O)[C@H](O)[C@H]5O)[C@H](O)[C@H]4O)[C@H](O)[C@H]3O)c(F)cc12. The van der Waals surface area contributed by atoms with Gasteiger partial charge in [-0.05, 0) is 18.6 Å². The second-order valence-corrected chi connectivity index (χ2v) is 11.6. The Morgan fingerprint density at radius 1 is 0.667 bits per heavy atom. The van der Waals surface area contributed by atoms with Crippen molar-refractivity contribution >= 4 is 11.0 Å². The Labute approximate surface area is 268 Å². The maximum Gasteiger partial charge on any atom is 0.336 e. The molecule has 20 heteroatoms. The summed E-state index contributed by atoms with van der Waals surface area (Å²) in [6, 6.07) is 1.83. The van der Waals surface area contributed by atoms with Crippen LogP contribution in [0.2, 0.25) is 0 Å². The van der Waals surface area contributed by atoms with E-state index < -0.39 is 141 Å². The van der Waals surface area contributed by atoms with E-state index in [4.69, 9.17) is 32.8 Å². The zero-order valence-electron chi connectivity index (χ0n) is 24.9. The van der Waals surface area contributed by atoms with Crippen LogP contribution in [0.25, 0.3) is 11.0 Å². The van der Waals surface area contributed by atoms with Crippen LogP contribution in [0.4, 0.5) is 8.78 Å². The molecule has 0 bridgehead atoms. The van der Waals surface area contributed by atoms with Crippen LogP contribution in [0.1, 0.15) is 5.56 Å². The van der Waals surface area contributed by atoms with Gasteiger partial charge in [-0.1, -0.05) is 0 Å². The van der Waals surface area contributed by atoms with Gasteiger partial charge in [0.05, 0.1) is 19.8 Å². The highest BCUT2D eigenvalue weighted by Crippen LogP contribution is 2.35. The maximum atomic E-state index is 15.2. The molecule has 10 N–H and O–H groups in total. The van der Waals surface area contributed by atoms with Crippen LogP contribution in [0, 0.1) is 18.6 Å². The molecular weight excluding hydrogens is 662 g/mol. The molecule has 270 valence electrons. The Morgan fingerprint density at radius 3 is 1.69 bits per heavy atom. The van der Waals surface area contributed by atoms with Crippen LogP contribution in [-0.4, -0.2) is 163 Å². The first-order chi connectivity index (χ1) is 22.7. The predicted molar refractivity (Wildman–Crippen MR) is 147 cm³/mol. The van der Waals surface area contributed by atoms with Gasteiger partial charge in [0, 0.05) is 11.5 Å². The van der Waals surface area contributed by atoms with Gasteiger partial charge < -0.3 is 83.9 Å². The van der Waals surface area contributed by atoms with Gasteiger partial charge in [0.1, 0.15) is 73.2 Å². The van der Waals surface area contributed by atoms with Crippen molar-refractivity contribution in [2.75, 3.05) is 19.8 Å². The summed E-state index contributed by atoms with van der Waals surface area (Å²) in [5.41, 5.74) is -1.40. The van der Waals surface area contributed by atoms with E-state index in [9.17, 15) is 60.3 Å². The fourth-order valence-electron chi connectivity index (χ4n) is 5.73. The van der Waals surface area contributed by atoms with Gasteiger partial charge in [0.2, 0.25) is 12.1 Å². The van der Waals surface area contributed by atoms with E-state index in [-0.39, 0.29) is 10.9 Å². The van der Waals surface area contributed by atoms with E-state index in [1.54, 1.807) is 0 Å². The van der Waals surface area contributed by atoms with Crippen LogP contribution in [-0.2, 0) is 23.7 Å². The number of aliphatic hydroxyl groups is 10. The van der Waals surface area contributed by atoms with E-state index in [0.29, 0.717) is 0 Å². The molecule has 48 heavy (non-hydrogen) atoms. The number of hydrogen-bond acceptors (Lipinski definition) is 18. The van der Waals surface area contributed by atoms with Crippen LogP contribution in [0.3, 0.4) is 0 Å². The molecular formula is C28H36F2O18. The fourth-order valence-corrected chi connectivity index (χ4v) is 5.73. The van der Waals surface area contributed by atoms with Gasteiger partial charge in [0.25, 0.3) is 0 Å². The van der Waals surface area contributed by atoms with Crippen molar-refractivity contribution < 1.29 is 92.7 Å². The second kappa shape index (κ2) is 14.8. The molecule has 0 aliphatic carbocycles. The quantitative estimate of drug-likeness (QED) is 0.110. The molecule has 5 rings (SSSR count). The summed E-state index contributed by atoms with van der Waals surface area (Å²) in [7, 11) is 0. The van der Waals surface area contributed by atoms with Crippen LogP contribution in [0.15, 0.2) is 21.3 Å². The van der Waals surface area contributed by atoms with E-state index >= 15 is 4.39 Å². The molecule has 1 aromatic carbocycles. The maximum absolute atomic E-state index is 15.2. The molecule has 15 atom stereocenters. The van der Waals surface area contributed by atoms with E-state index in [1.165, 1.54) is 6.92 Å². The lowest BCUT2D eigenvalue weighted by molar-refractivity contribution is -0.376. The van der Waals surface area contributed by atoms with Crippen molar-refractivity contribution in [3.63, 3.8) is 0 Å². The Balaban J connectivity index is 1.30. The van der Waals surface area contributed by atoms with Crippen molar-refractivity contribution in [1.82, 2.24) is 0 Å². The largest absolute Gasteiger partial charge is 0.456 e. The van der Waals surface area contributed by atoms with E-state index in [0.717, 1.165) is 12.1 Å². The Bertz CT molecular complexity index is 1470. The topological polar surface area (TPSA) is 288 Å². The van der Waals surface area contributed by atoms with E-state index in [1.807, 2.05) is 0 Å². The number of halogens is 2. The number of fused-ring (bicyclic) bond motifs is 1. The minimum Gasteiger partial charge on any atom is -0.456 e. The molecule has 0 radical (unpaired) electrons. The van der Waals surface area contributed by atoms with Gasteiger partial charge in [-0.2, -0.15) is 4.39 Å². The number of benzene rings is 1. The number of hydrogen-bond donors (Lipinski definition) is 10. The minimum atomic E-state index is -2.14. The van der Waals surface area contributed by atoms with Crippen molar-refractivity contribution in [2.45, 2.75) is 99.0 Å². The smallest absolute Gasteiger partial charge is 0.336 e. The van der Waals surface area contributed by atoms with Gasteiger partial charge in [0.15, 0.2) is 29.7 Å². The third-order valence-electron chi connectivity index (χ3n) is 8.40. The summed E-state index contributed by atoms with van der Waals surface area (Å²) in [5.74, 6) is -3.89. The van der Waals surface area contributed by atoms with Gasteiger partial charge in [-0.15, -0.1) is 0 Å². The lowest BCUT2D eigenvalue weighted by atomic mass is 9.96. The van der Waals surface area contributed by atoms with Crippen LogP contribution < -0.4 is 10.4 Å². The van der Waals surface area contributed by atoms with Crippen molar-refractivity contribution in [2.24, 2.45) is 0 Å². The van der Waals surface area contributed by atoms with Crippen molar-refractivity contribution in [3.05, 3.63) is 39.8 Å². The first kappa shape index (κ1) is 36.8. The monoisotopic (exact) mass is 698 g/mol. The lowest BCUT2D eigenvalue weighted by Gasteiger charge is -2.48. The van der Waals surface area contributed by atoms with Crippen molar-refractivity contribution in [3.8, 4) is 5.75 Å². The Morgan fingerprint density at radius 2 is 1.15 bits per heavy atom. The molecule has 4 heterocycles. The third kappa shape index (κ3) is 6.80. The third-order valence-corrected chi connectivity index (χ3v) is 8.40. The van der Waals surface area contributed by atoms with Gasteiger partial charge in [-0.3, -0.25) is 0 Å². The molecule has 18 nitrogen and oxygen atoms in total. The standard InChI is InChI=1S/C28H36F2O18/c1-7-2-13(34)45-22-8(7)3-9(29)23(14(22)30)46-27-20(40)17(37)25(11(5-32)43-27)48-28-21(41)18(38)24(12(6-33)44-28)47-26-19(39)16(36)15(35)10(4-31)42-26/h2-3,10-12,15-21,24-28,31-33,35-41H,4-6H2,1H3/t10-,11-,12-,15-,16+,17-,18-,19-,20-,21-,24-,25-,26+,27+,28-/m1/s1. The predicted octanol–water partition coefficient (Wildman–Crippen LogP) is -4.79. The molecule has 3 fully saturated rings. The highest BCUT2D eigenvalue weighted by atomic mass is 19.1. The normalized spacial score (nSPS) is 40.6. The molecule has 0 spiro atoms. The second-order valence-electron chi connectivity index (χ2n) is 11.6. The fraction of sp³-hybridized carbons (Fsp3) is 0.679. The zero-order valence-corrected chi connectivity index (χ0v) is 24.9. The average molecular weight is 699 g/mol. The molecule has 3 saturated heterocycles. The van der Waals surface area contributed by atoms with Crippen molar-refractivity contribution in [1.29, 1.82) is 0 Å². The zero-order chi connectivity index (χ0) is 35.2. The average Bonchev–Trinajstić information content (AvgIpc) is 3.06. The number of ether oxygens (including phenoxy) is 6. The molecule has 0 amide bonds. The number of rotatable bonds is 9. The molecule has 3 aliphatic rings. The lowest BCUT2D eigenvalue weighted by Crippen LogP contribution is -2.66. The molecule has 0 saturated carbocycles. The molecule has 0 unspecified atom stereocenters. The summed E-state index contributed by atoms with van der Waals surface area (Å²) in [5, 5.41) is 103. The number of aryl methyl sites for hydroxylation is 1. The molecule has 2 aromatic rings.